The van der Waals surface area contributed by atoms with Crippen LogP contribution in [-0.2, 0) is 4.79 Å². The number of carbonyl (C=O) groups excluding carboxylic acids is 2. The summed E-state index contributed by atoms with van der Waals surface area (Å²) in [7, 11) is 0. The fraction of sp³-hybridized carbons (Fsp3) is 0.500. The van der Waals surface area contributed by atoms with Crippen LogP contribution in [-0.4, -0.2) is 47.4 Å². The molecule has 1 aromatic rings. The minimum absolute atomic E-state index is 0.140. The average Bonchev–Trinajstić information content (AvgIpc) is 2.46. The van der Waals surface area contributed by atoms with E-state index >= 15 is 0 Å². The average molecular weight is 311 g/mol. The number of rotatable bonds is 4. The summed E-state index contributed by atoms with van der Waals surface area (Å²) in [5.41, 5.74) is 0.440. The molecule has 1 saturated heterocycles. The standard InChI is InChI=1S/C14H19ClN4O2/c1-3-4-16-12-8-10(7-11(15)18-12)14(21)19-6-5-17-13(20)9(19)2/h7-9H,3-6H2,1-2H3,(H,16,18)(H,17,20). The van der Waals surface area contributed by atoms with Gasteiger partial charge in [-0.25, -0.2) is 4.98 Å². The van der Waals surface area contributed by atoms with E-state index in [1.165, 1.54) is 6.07 Å². The largest absolute Gasteiger partial charge is 0.370 e. The van der Waals surface area contributed by atoms with Crippen LogP contribution in [0.1, 0.15) is 30.6 Å². The van der Waals surface area contributed by atoms with Crippen LogP contribution in [0.5, 0.6) is 0 Å². The van der Waals surface area contributed by atoms with E-state index in [2.05, 4.69) is 15.6 Å². The number of carbonyl (C=O) groups is 2. The Morgan fingerprint density at radius 1 is 1.57 bits per heavy atom. The van der Waals surface area contributed by atoms with Crippen LogP contribution in [0, 0.1) is 0 Å². The lowest BCUT2D eigenvalue weighted by Crippen LogP contribution is -2.55. The molecule has 7 heteroatoms. The van der Waals surface area contributed by atoms with Crippen LogP contribution in [0.2, 0.25) is 5.15 Å². The molecule has 2 amide bonds. The molecule has 2 N–H and O–H groups in total. The molecule has 6 nitrogen and oxygen atoms in total. The highest BCUT2D eigenvalue weighted by molar-refractivity contribution is 6.30. The van der Waals surface area contributed by atoms with E-state index in [9.17, 15) is 9.59 Å². The number of aromatic nitrogens is 1. The lowest BCUT2D eigenvalue weighted by molar-refractivity contribution is -0.127. The van der Waals surface area contributed by atoms with E-state index < -0.39 is 6.04 Å². The minimum atomic E-state index is -0.481. The summed E-state index contributed by atoms with van der Waals surface area (Å²) in [5.74, 6) is 0.224. The molecular formula is C14H19ClN4O2. The van der Waals surface area contributed by atoms with Crippen LogP contribution >= 0.6 is 11.6 Å². The molecule has 2 rings (SSSR count). The molecule has 114 valence electrons. The van der Waals surface area contributed by atoms with Crippen LogP contribution in [0.3, 0.4) is 0 Å². The van der Waals surface area contributed by atoms with Gasteiger partial charge in [0.15, 0.2) is 0 Å². The van der Waals surface area contributed by atoms with E-state index in [0.717, 1.165) is 13.0 Å². The molecule has 1 aliphatic heterocycles. The van der Waals surface area contributed by atoms with Crippen molar-refractivity contribution in [3.63, 3.8) is 0 Å². The van der Waals surface area contributed by atoms with Crippen molar-refractivity contribution in [3.05, 3.63) is 22.8 Å². The Labute approximate surface area is 128 Å². The first kappa shape index (κ1) is 15.6. The smallest absolute Gasteiger partial charge is 0.254 e. The van der Waals surface area contributed by atoms with Crippen molar-refractivity contribution < 1.29 is 9.59 Å². The van der Waals surface area contributed by atoms with Gasteiger partial charge in [0.2, 0.25) is 5.91 Å². The molecule has 21 heavy (non-hydrogen) atoms. The van der Waals surface area contributed by atoms with Gasteiger partial charge in [0.05, 0.1) is 0 Å². The van der Waals surface area contributed by atoms with Crippen molar-refractivity contribution in [2.45, 2.75) is 26.3 Å². The van der Waals surface area contributed by atoms with Gasteiger partial charge in [-0.05, 0) is 25.5 Å². The molecule has 1 aliphatic rings. The highest BCUT2D eigenvalue weighted by Crippen LogP contribution is 2.18. The molecule has 2 heterocycles. The highest BCUT2D eigenvalue weighted by Gasteiger charge is 2.30. The number of halogens is 1. The third-order valence-corrected chi connectivity index (χ3v) is 3.55. The second-order valence-corrected chi connectivity index (χ2v) is 5.34. The predicted octanol–water partition coefficient (Wildman–Crippen LogP) is 1.52. The Morgan fingerprint density at radius 2 is 2.33 bits per heavy atom. The van der Waals surface area contributed by atoms with Gasteiger partial charge in [0.25, 0.3) is 5.91 Å². The Balaban J connectivity index is 2.21. The lowest BCUT2D eigenvalue weighted by Gasteiger charge is -2.32. The topological polar surface area (TPSA) is 74.3 Å². The summed E-state index contributed by atoms with van der Waals surface area (Å²) in [6.07, 6.45) is 0.945. The van der Waals surface area contributed by atoms with Crippen molar-refractivity contribution >= 4 is 29.2 Å². The SMILES string of the molecule is CCCNc1cc(C(=O)N2CCNC(=O)C2C)cc(Cl)n1. The summed E-state index contributed by atoms with van der Waals surface area (Å²) in [5, 5.41) is 6.10. The van der Waals surface area contributed by atoms with E-state index in [0.29, 0.717) is 24.5 Å². The summed E-state index contributed by atoms with van der Waals surface area (Å²) >= 11 is 5.98. The number of piperazine rings is 1. The maximum atomic E-state index is 12.6. The number of hydrogen-bond donors (Lipinski definition) is 2. The molecular weight excluding hydrogens is 292 g/mol. The van der Waals surface area contributed by atoms with Crippen molar-refractivity contribution in [1.82, 2.24) is 15.2 Å². The van der Waals surface area contributed by atoms with Gasteiger partial charge in [-0.15, -0.1) is 0 Å². The zero-order valence-electron chi connectivity index (χ0n) is 12.1. The van der Waals surface area contributed by atoms with Crippen molar-refractivity contribution in [2.24, 2.45) is 0 Å². The summed E-state index contributed by atoms with van der Waals surface area (Å²) in [4.78, 5) is 29.9. The normalized spacial score (nSPS) is 18.3. The Bertz CT molecular complexity index is 550. The molecule has 1 unspecified atom stereocenters. The number of anilines is 1. The lowest BCUT2D eigenvalue weighted by atomic mass is 10.1. The highest BCUT2D eigenvalue weighted by atomic mass is 35.5. The van der Waals surface area contributed by atoms with Gasteiger partial charge in [0.1, 0.15) is 17.0 Å². The molecule has 0 aliphatic carbocycles. The summed E-state index contributed by atoms with van der Waals surface area (Å²) in [6, 6.07) is 2.72. The fourth-order valence-corrected chi connectivity index (χ4v) is 2.40. The molecule has 1 atom stereocenters. The molecule has 1 aromatic heterocycles. The van der Waals surface area contributed by atoms with Crippen LogP contribution < -0.4 is 10.6 Å². The molecule has 1 fully saturated rings. The first-order valence-corrected chi connectivity index (χ1v) is 7.41. The van der Waals surface area contributed by atoms with Crippen molar-refractivity contribution in [3.8, 4) is 0 Å². The zero-order valence-corrected chi connectivity index (χ0v) is 12.9. The summed E-state index contributed by atoms with van der Waals surface area (Å²) in [6.45, 7) is 5.46. The quantitative estimate of drug-likeness (QED) is 0.827. The molecule has 0 spiro atoms. The van der Waals surface area contributed by atoms with Crippen LogP contribution in [0.25, 0.3) is 0 Å². The Kier molecular flexibility index (Phi) is 5.01. The third kappa shape index (κ3) is 3.64. The molecule has 0 radical (unpaired) electrons. The zero-order chi connectivity index (χ0) is 15.4. The van der Waals surface area contributed by atoms with Crippen molar-refractivity contribution in [1.29, 1.82) is 0 Å². The number of pyridine rings is 1. The van der Waals surface area contributed by atoms with Gasteiger partial charge in [0, 0.05) is 25.2 Å². The Morgan fingerprint density at radius 3 is 3.05 bits per heavy atom. The van der Waals surface area contributed by atoms with Crippen LogP contribution in [0.4, 0.5) is 5.82 Å². The van der Waals surface area contributed by atoms with Gasteiger partial charge >= 0.3 is 0 Å². The predicted molar refractivity (Wildman–Crippen MR) is 81.5 cm³/mol. The van der Waals surface area contributed by atoms with E-state index in [4.69, 9.17) is 11.6 Å². The number of nitrogens with zero attached hydrogens (tertiary/aromatic N) is 2. The first-order chi connectivity index (χ1) is 10.0. The van der Waals surface area contributed by atoms with Crippen LogP contribution in [0.15, 0.2) is 12.1 Å². The van der Waals surface area contributed by atoms with E-state index in [1.807, 2.05) is 6.92 Å². The second kappa shape index (κ2) is 6.76. The third-order valence-electron chi connectivity index (χ3n) is 3.36. The Hall–Kier alpha value is -1.82. The number of hydrogen-bond acceptors (Lipinski definition) is 4. The van der Waals surface area contributed by atoms with Gasteiger partial charge in [-0.2, -0.15) is 0 Å². The second-order valence-electron chi connectivity index (χ2n) is 4.96. The molecule has 0 saturated carbocycles. The monoisotopic (exact) mass is 310 g/mol. The number of nitrogens with one attached hydrogen (secondary N) is 2. The van der Waals surface area contributed by atoms with E-state index in [1.54, 1.807) is 17.9 Å². The van der Waals surface area contributed by atoms with Gasteiger partial charge in [-0.1, -0.05) is 18.5 Å². The first-order valence-electron chi connectivity index (χ1n) is 7.03. The van der Waals surface area contributed by atoms with E-state index in [-0.39, 0.29) is 17.0 Å². The minimum Gasteiger partial charge on any atom is -0.370 e. The van der Waals surface area contributed by atoms with Crippen molar-refractivity contribution in [2.75, 3.05) is 25.0 Å². The van der Waals surface area contributed by atoms with Gasteiger partial charge in [-0.3, -0.25) is 9.59 Å². The summed E-state index contributed by atoms with van der Waals surface area (Å²) < 4.78 is 0. The maximum absolute atomic E-state index is 12.6. The number of amides is 2. The van der Waals surface area contributed by atoms with Gasteiger partial charge < -0.3 is 15.5 Å². The molecule has 0 bridgehead atoms. The maximum Gasteiger partial charge on any atom is 0.254 e. The molecule has 0 aromatic carbocycles. The fourth-order valence-electron chi connectivity index (χ4n) is 2.19.